The molecule has 1 aromatic carbocycles. The molecule has 0 fully saturated rings. The van der Waals surface area contributed by atoms with Gasteiger partial charge in [-0.05, 0) is 31.0 Å². The normalized spacial score (nSPS) is 12.3. The highest BCUT2D eigenvalue weighted by Crippen LogP contribution is 2.25. The van der Waals surface area contributed by atoms with Gasteiger partial charge in [-0.2, -0.15) is 0 Å². The molecule has 0 radical (unpaired) electrons. The number of alkyl halides is 1. The van der Waals surface area contributed by atoms with Crippen LogP contribution in [0.15, 0.2) is 18.2 Å². The molecule has 2 atom stereocenters. The van der Waals surface area contributed by atoms with Crippen LogP contribution in [-0.4, -0.2) is 72.4 Å². The van der Waals surface area contributed by atoms with E-state index >= 15 is 0 Å². The van der Waals surface area contributed by atoms with E-state index in [4.69, 9.17) is 14.6 Å². The summed E-state index contributed by atoms with van der Waals surface area (Å²) in [6.45, 7) is 5.23. The highest BCUT2D eigenvalue weighted by molar-refractivity contribution is 9.09. The number of Topliss-reactive ketones (excluding diaryl/α,β-unsaturated/α-hetero) is 1. The largest absolute Gasteiger partial charge is 0.494 e. The van der Waals surface area contributed by atoms with E-state index in [1.165, 1.54) is 7.11 Å². The summed E-state index contributed by atoms with van der Waals surface area (Å²) in [5.74, 6) is -3.09. The van der Waals surface area contributed by atoms with Gasteiger partial charge in [0.1, 0.15) is 17.5 Å². The number of ether oxygens (including phenoxy) is 3. The third-order valence-electron chi connectivity index (χ3n) is 4.75. The number of esters is 1. The number of halogens is 1. The lowest BCUT2D eigenvalue weighted by molar-refractivity contribution is -0.143. The Labute approximate surface area is 212 Å². The first kappa shape index (κ1) is 29.9. The lowest BCUT2D eigenvalue weighted by atomic mass is 10.0. The molecule has 35 heavy (non-hydrogen) atoms. The third kappa shape index (κ3) is 10.3. The molecule has 194 valence electrons. The number of carbonyl (C=O) groups excluding carboxylic acids is 4. The van der Waals surface area contributed by atoms with Gasteiger partial charge >= 0.3 is 11.9 Å². The predicted octanol–water partition coefficient (Wildman–Crippen LogP) is 1.24. The van der Waals surface area contributed by atoms with Crippen LogP contribution in [0.5, 0.6) is 11.5 Å². The minimum absolute atomic E-state index is 0.126. The summed E-state index contributed by atoms with van der Waals surface area (Å²) in [5.41, 5.74) is 0.466. The lowest BCUT2D eigenvalue weighted by Gasteiger charge is -2.24. The van der Waals surface area contributed by atoms with Crippen molar-refractivity contribution in [1.82, 2.24) is 10.6 Å². The average Bonchev–Trinajstić information content (AvgIpc) is 2.80. The van der Waals surface area contributed by atoms with Crippen LogP contribution in [0.3, 0.4) is 0 Å². The SMILES string of the molecule is CCOc1ccc(OCC(=O)OC)cc1CC(=O)N[C@H](C(=O)N[C@@H](CC(=O)O)C(=O)CBr)C(C)C. The van der Waals surface area contributed by atoms with E-state index in [9.17, 15) is 24.0 Å². The molecule has 12 heteroatoms. The number of ketones is 1. The summed E-state index contributed by atoms with van der Waals surface area (Å²) in [5, 5.41) is 14.0. The molecule has 0 unspecified atom stereocenters. The highest BCUT2D eigenvalue weighted by atomic mass is 79.9. The average molecular weight is 559 g/mol. The second kappa shape index (κ2) is 15.0. The number of rotatable bonds is 15. The van der Waals surface area contributed by atoms with Gasteiger partial charge in [-0.3, -0.25) is 19.2 Å². The Morgan fingerprint density at radius 2 is 1.77 bits per heavy atom. The van der Waals surface area contributed by atoms with Crippen LogP contribution in [0.25, 0.3) is 0 Å². The molecule has 0 spiro atoms. The van der Waals surface area contributed by atoms with E-state index < -0.39 is 48.0 Å². The summed E-state index contributed by atoms with van der Waals surface area (Å²) >= 11 is 2.98. The minimum Gasteiger partial charge on any atom is -0.494 e. The zero-order chi connectivity index (χ0) is 26.5. The number of nitrogens with one attached hydrogen (secondary N) is 2. The van der Waals surface area contributed by atoms with Gasteiger partial charge in [0.15, 0.2) is 12.4 Å². The van der Waals surface area contributed by atoms with E-state index in [1.807, 2.05) is 0 Å². The van der Waals surface area contributed by atoms with Crippen LogP contribution < -0.4 is 20.1 Å². The summed E-state index contributed by atoms with van der Waals surface area (Å²) in [4.78, 5) is 60.1. The van der Waals surface area contributed by atoms with Crippen LogP contribution >= 0.6 is 15.9 Å². The molecule has 0 aliphatic rings. The van der Waals surface area contributed by atoms with Gasteiger partial charge in [0, 0.05) is 5.56 Å². The number of benzene rings is 1. The van der Waals surface area contributed by atoms with Gasteiger partial charge in [0.2, 0.25) is 11.8 Å². The zero-order valence-electron chi connectivity index (χ0n) is 20.1. The molecule has 1 aromatic rings. The molecule has 2 amide bonds. The molecule has 11 nitrogen and oxygen atoms in total. The Balaban J connectivity index is 3.00. The zero-order valence-corrected chi connectivity index (χ0v) is 21.7. The van der Waals surface area contributed by atoms with Crippen molar-refractivity contribution < 1.29 is 43.3 Å². The molecule has 0 aliphatic heterocycles. The summed E-state index contributed by atoms with van der Waals surface area (Å²) in [6, 6.07) is 2.49. The van der Waals surface area contributed by atoms with Gasteiger partial charge < -0.3 is 30.0 Å². The van der Waals surface area contributed by atoms with Gasteiger partial charge in [-0.25, -0.2) is 4.79 Å². The van der Waals surface area contributed by atoms with Gasteiger partial charge in [-0.15, -0.1) is 0 Å². The van der Waals surface area contributed by atoms with Gasteiger partial charge in [-0.1, -0.05) is 29.8 Å². The maximum atomic E-state index is 12.8. The van der Waals surface area contributed by atoms with Crippen LogP contribution in [0.1, 0.15) is 32.8 Å². The first-order valence-electron chi connectivity index (χ1n) is 10.9. The van der Waals surface area contributed by atoms with Crippen LogP contribution in [0.4, 0.5) is 0 Å². The molecule has 0 saturated heterocycles. The van der Waals surface area contributed by atoms with E-state index in [0.29, 0.717) is 23.7 Å². The number of carboxylic acids is 1. The Kier molecular flexibility index (Phi) is 12.8. The lowest BCUT2D eigenvalue weighted by Crippen LogP contribution is -2.54. The van der Waals surface area contributed by atoms with Gasteiger partial charge in [0.25, 0.3) is 0 Å². The first-order valence-corrected chi connectivity index (χ1v) is 12.0. The fourth-order valence-electron chi connectivity index (χ4n) is 2.99. The fraction of sp³-hybridized carbons (Fsp3) is 0.522. The molecule has 0 aliphatic carbocycles. The maximum absolute atomic E-state index is 12.8. The van der Waals surface area contributed by atoms with Crippen molar-refractivity contribution in [2.24, 2.45) is 5.92 Å². The van der Waals surface area contributed by atoms with E-state index in [2.05, 4.69) is 31.3 Å². The van der Waals surface area contributed by atoms with Gasteiger partial charge in [0.05, 0.1) is 37.9 Å². The van der Waals surface area contributed by atoms with Crippen LogP contribution in [-0.2, 0) is 35.1 Å². The fourth-order valence-corrected chi connectivity index (χ4v) is 3.38. The predicted molar refractivity (Wildman–Crippen MR) is 129 cm³/mol. The maximum Gasteiger partial charge on any atom is 0.343 e. The molecule has 0 aromatic heterocycles. The standard InChI is InChI=1S/C23H31BrN2O9/c1-5-34-18-7-6-15(35-12-21(31)33-4)8-14(18)9-19(28)26-22(13(2)3)23(32)25-16(10-20(29)30)17(27)11-24/h6-8,13,16,22H,5,9-12H2,1-4H3,(H,25,32)(H,26,28)(H,29,30)/t16-,22-/m0/s1. The van der Waals surface area contributed by atoms with Crippen molar-refractivity contribution in [2.45, 2.75) is 45.7 Å². The van der Waals surface area contributed by atoms with E-state index in [-0.39, 0.29) is 24.3 Å². The van der Waals surface area contributed by atoms with Crippen molar-refractivity contribution in [3.05, 3.63) is 23.8 Å². The summed E-state index contributed by atoms with van der Waals surface area (Å²) in [6.07, 6.45) is -0.745. The van der Waals surface area contributed by atoms with Crippen molar-refractivity contribution in [2.75, 3.05) is 25.7 Å². The van der Waals surface area contributed by atoms with Crippen molar-refractivity contribution in [1.29, 1.82) is 0 Å². The Morgan fingerprint density at radius 3 is 2.31 bits per heavy atom. The summed E-state index contributed by atoms with van der Waals surface area (Å²) in [7, 11) is 1.24. The molecule has 0 saturated carbocycles. The second-order valence-electron chi connectivity index (χ2n) is 7.79. The smallest absolute Gasteiger partial charge is 0.343 e. The molecule has 0 heterocycles. The summed E-state index contributed by atoms with van der Waals surface area (Å²) < 4.78 is 15.5. The topological polar surface area (TPSA) is 157 Å². The molecule has 1 rings (SSSR count). The van der Waals surface area contributed by atoms with E-state index in [0.717, 1.165) is 0 Å². The van der Waals surface area contributed by atoms with Crippen molar-refractivity contribution in [3.8, 4) is 11.5 Å². The first-order chi connectivity index (χ1) is 16.5. The number of amides is 2. The quantitative estimate of drug-likeness (QED) is 0.213. The molecular formula is C23H31BrN2O9. The number of hydrogen-bond acceptors (Lipinski definition) is 8. The Hall–Kier alpha value is -3.15. The van der Waals surface area contributed by atoms with Crippen molar-refractivity contribution >= 4 is 45.5 Å². The Morgan fingerprint density at radius 1 is 1.09 bits per heavy atom. The number of carbonyl (C=O) groups is 5. The third-order valence-corrected chi connectivity index (χ3v) is 5.30. The molecule has 0 bridgehead atoms. The highest BCUT2D eigenvalue weighted by Gasteiger charge is 2.29. The monoisotopic (exact) mass is 558 g/mol. The van der Waals surface area contributed by atoms with Crippen molar-refractivity contribution in [3.63, 3.8) is 0 Å². The molecule has 3 N–H and O–H groups in total. The van der Waals surface area contributed by atoms with E-state index in [1.54, 1.807) is 39.0 Å². The second-order valence-corrected chi connectivity index (χ2v) is 8.35. The number of carboxylic acid groups (broad SMARTS) is 1. The minimum atomic E-state index is -1.24. The number of aliphatic carboxylic acids is 1. The number of hydrogen-bond donors (Lipinski definition) is 3. The number of methoxy groups -OCH3 is 1. The molecular weight excluding hydrogens is 528 g/mol. The van der Waals surface area contributed by atoms with Crippen LogP contribution in [0.2, 0.25) is 0 Å². The Bertz CT molecular complexity index is 920. The van der Waals surface area contributed by atoms with Crippen LogP contribution in [0, 0.1) is 5.92 Å².